The van der Waals surface area contributed by atoms with Gasteiger partial charge in [0.2, 0.25) is 11.7 Å². The largest absolute Gasteiger partial charge is 0.475 e. The smallest absolute Gasteiger partial charge is 0.373 e. The van der Waals surface area contributed by atoms with E-state index in [1.165, 1.54) is 0 Å². The van der Waals surface area contributed by atoms with Gasteiger partial charge in [-0.15, -0.1) is 0 Å². The standard InChI is InChI=1S/C11H15NO4/c1-6(2)8-9(11(13)14)16-10(12-8)7-4-3-5-15-7/h6-7H,3-5H2,1-2H3,(H,13,14). The highest BCUT2D eigenvalue weighted by Gasteiger charge is 2.28. The van der Waals surface area contributed by atoms with Gasteiger partial charge < -0.3 is 14.3 Å². The van der Waals surface area contributed by atoms with Gasteiger partial charge in [-0.05, 0) is 18.8 Å². The highest BCUT2D eigenvalue weighted by atomic mass is 16.5. The van der Waals surface area contributed by atoms with Gasteiger partial charge in [0.1, 0.15) is 6.10 Å². The molecule has 0 aromatic carbocycles. The first-order chi connectivity index (χ1) is 7.59. The van der Waals surface area contributed by atoms with Crippen molar-refractivity contribution in [1.82, 2.24) is 4.98 Å². The van der Waals surface area contributed by atoms with Crippen LogP contribution in [0.1, 0.15) is 60.9 Å². The van der Waals surface area contributed by atoms with Gasteiger partial charge in [-0.25, -0.2) is 9.78 Å². The van der Waals surface area contributed by atoms with Crippen molar-refractivity contribution in [3.8, 4) is 0 Å². The molecule has 1 aliphatic heterocycles. The molecule has 5 nitrogen and oxygen atoms in total. The Labute approximate surface area is 93.4 Å². The van der Waals surface area contributed by atoms with Gasteiger partial charge in [-0.3, -0.25) is 0 Å². The number of nitrogens with zero attached hydrogens (tertiary/aromatic N) is 1. The van der Waals surface area contributed by atoms with Crippen LogP contribution in [0.2, 0.25) is 0 Å². The Morgan fingerprint density at radius 3 is 2.75 bits per heavy atom. The summed E-state index contributed by atoms with van der Waals surface area (Å²) >= 11 is 0. The Morgan fingerprint density at radius 1 is 1.56 bits per heavy atom. The summed E-state index contributed by atoms with van der Waals surface area (Å²) in [7, 11) is 0. The minimum absolute atomic E-state index is 0.0324. The molecular formula is C11H15NO4. The van der Waals surface area contributed by atoms with Crippen LogP contribution in [0, 0.1) is 0 Å². The minimum atomic E-state index is -1.07. The maximum absolute atomic E-state index is 11.0. The van der Waals surface area contributed by atoms with Crippen LogP contribution in [0.4, 0.5) is 0 Å². The molecule has 0 bridgehead atoms. The van der Waals surface area contributed by atoms with Crippen molar-refractivity contribution in [2.24, 2.45) is 0 Å². The lowest BCUT2D eigenvalue weighted by Gasteiger charge is -2.02. The minimum Gasteiger partial charge on any atom is -0.475 e. The lowest BCUT2D eigenvalue weighted by atomic mass is 10.1. The topological polar surface area (TPSA) is 72.6 Å². The van der Waals surface area contributed by atoms with E-state index in [4.69, 9.17) is 14.3 Å². The van der Waals surface area contributed by atoms with Crippen molar-refractivity contribution in [3.63, 3.8) is 0 Å². The van der Waals surface area contributed by atoms with Gasteiger partial charge in [-0.1, -0.05) is 13.8 Å². The van der Waals surface area contributed by atoms with Gasteiger partial charge in [-0.2, -0.15) is 0 Å². The van der Waals surface area contributed by atoms with Gasteiger partial charge >= 0.3 is 5.97 Å². The third-order valence-corrected chi connectivity index (χ3v) is 2.62. The van der Waals surface area contributed by atoms with Crippen LogP contribution >= 0.6 is 0 Å². The molecule has 0 spiro atoms. The van der Waals surface area contributed by atoms with E-state index < -0.39 is 5.97 Å². The number of carboxylic acid groups (broad SMARTS) is 1. The monoisotopic (exact) mass is 225 g/mol. The fourth-order valence-corrected chi connectivity index (χ4v) is 1.80. The molecule has 1 N–H and O–H groups in total. The van der Waals surface area contributed by atoms with Gasteiger partial charge in [0.25, 0.3) is 0 Å². The molecule has 1 aromatic rings. The summed E-state index contributed by atoms with van der Waals surface area (Å²) in [5, 5.41) is 9.00. The number of rotatable bonds is 3. The number of hydrogen-bond donors (Lipinski definition) is 1. The summed E-state index contributed by atoms with van der Waals surface area (Å²) < 4.78 is 10.7. The molecule has 1 aromatic heterocycles. The second-order valence-corrected chi connectivity index (χ2v) is 4.23. The summed E-state index contributed by atoms with van der Waals surface area (Å²) in [6, 6.07) is 0. The summed E-state index contributed by atoms with van der Waals surface area (Å²) in [5.41, 5.74) is 0.498. The SMILES string of the molecule is CC(C)c1nc(C2CCCO2)oc1C(=O)O. The maximum Gasteiger partial charge on any atom is 0.373 e. The zero-order valence-electron chi connectivity index (χ0n) is 9.40. The van der Waals surface area contributed by atoms with E-state index in [2.05, 4.69) is 4.98 Å². The first-order valence-corrected chi connectivity index (χ1v) is 5.45. The third kappa shape index (κ3) is 1.95. The number of aromatic nitrogens is 1. The average molecular weight is 225 g/mol. The second-order valence-electron chi connectivity index (χ2n) is 4.23. The zero-order chi connectivity index (χ0) is 11.7. The fraction of sp³-hybridized carbons (Fsp3) is 0.636. The van der Waals surface area contributed by atoms with Crippen molar-refractivity contribution >= 4 is 5.97 Å². The van der Waals surface area contributed by atoms with E-state index >= 15 is 0 Å². The first kappa shape index (κ1) is 11.1. The Kier molecular flexibility index (Phi) is 2.96. The summed E-state index contributed by atoms with van der Waals surface area (Å²) in [5.74, 6) is -0.690. The molecule has 5 heteroatoms. The van der Waals surface area contributed by atoms with E-state index in [1.54, 1.807) is 0 Å². The van der Waals surface area contributed by atoms with Crippen LogP contribution < -0.4 is 0 Å². The molecule has 0 radical (unpaired) electrons. The summed E-state index contributed by atoms with van der Waals surface area (Å²) in [4.78, 5) is 15.2. The van der Waals surface area contributed by atoms with Gasteiger partial charge in [0.15, 0.2) is 0 Å². The first-order valence-electron chi connectivity index (χ1n) is 5.45. The number of oxazole rings is 1. The number of carboxylic acids is 1. The van der Waals surface area contributed by atoms with Crippen LogP contribution in [-0.2, 0) is 4.74 Å². The Balaban J connectivity index is 2.34. The molecule has 0 aliphatic carbocycles. The van der Waals surface area contributed by atoms with Crippen LogP contribution in [-0.4, -0.2) is 22.7 Å². The molecule has 0 saturated carbocycles. The molecule has 2 rings (SSSR count). The molecule has 1 aliphatic rings. The predicted octanol–water partition coefficient (Wildman–Crippen LogP) is 2.35. The van der Waals surface area contributed by atoms with E-state index in [0.29, 0.717) is 18.2 Å². The molecule has 88 valence electrons. The van der Waals surface area contributed by atoms with Crippen LogP contribution in [0.5, 0.6) is 0 Å². The zero-order valence-corrected chi connectivity index (χ0v) is 9.40. The normalized spacial score (nSPS) is 20.6. The van der Waals surface area contributed by atoms with E-state index in [0.717, 1.165) is 12.8 Å². The van der Waals surface area contributed by atoms with E-state index in [1.807, 2.05) is 13.8 Å². The molecule has 2 heterocycles. The highest BCUT2D eigenvalue weighted by Crippen LogP contribution is 2.31. The Morgan fingerprint density at radius 2 is 2.31 bits per heavy atom. The average Bonchev–Trinajstić information content (AvgIpc) is 2.86. The molecule has 1 fully saturated rings. The van der Waals surface area contributed by atoms with Crippen LogP contribution in [0.3, 0.4) is 0 Å². The molecule has 16 heavy (non-hydrogen) atoms. The molecular weight excluding hydrogens is 210 g/mol. The lowest BCUT2D eigenvalue weighted by molar-refractivity contribution is 0.0631. The Bertz CT molecular complexity index is 391. The molecule has 1 unspecified atom stereocenters. The van der Waals surface area contributed by atoms with Crippen LogP contribution in [0.15, 0.2) is 4.42 Å². The number of aromatic carboxylic acids is 1. The van der Waals surface area contributed by atoms with Crippen molar-refractivity contribution in [1.29, 1.82) is 0 Å². The predicted molar refractivity (Wildman–Crippen MR) is 55.5 cm³/mol. The van der Waals surface area contributed by atoms with Crippen LogP contribution in [0.25, 0.3) is 0 Å². The highest BCUT2D eigenvalue weighted by molar-refractivity contribution is 5.85. The lowest BCUT2D eigenvalue weighted by Crippen LogP contribution is -2.01. The fourth-order valence-electron chi connectivity index (χ4n) is 1.80. The molecule has 1 saturated heterocycles. The van der Waals surface area contributed by atoms with Crippen molar-refractivity contribution < 1.29 is 19.1 Å². The maximum atomic E-state index is 11.0. The van der Waals surface area contributed by atoms with E-state index in [9.17, 15) is 4.79 Å². The number of carbonyl (C=O) groups is 1. The van der Waals surface area contributed by atoms with Crippen molar-refractivity contribution in [3.05, 3.63) is 17.3 Å². The summed E-state index contributed by atoms with van der Waals surface area (Å²) in [6.07, 6.45) is 1.63. The number of ether oxygens (including phenoxy) is 1. The molecule has 0 amide bonds. The quantitative estimate of drug-likeness (QED) is 0.854. The van der Waals surface area contributed by atoms with Gasteiger partial charge in [0, 0.05) is 6.61 Å². The number of hydrogen-bond acceptors (Lipinski definition) is 4. The summed E-state index contributed by atoms with van der Waals surface area (Å²) in [6.45, 7) is 4.47. The van der Waals surface area contributed by atoms with Gasteiger partial charge in [0.05, 0.1) is 5.69 Å². The molecule has 1 atom stereocenters. The third-order valence-electron chi connectivity index (χ3n) is 2.62. The van der Waals surface area contributed by atoms with E-state index in [-0.39, 0.29) is 17.8 Å². The van der Waals surface area contributed by atoms with Crippen molar-refractivity contribution in [2.45, 2.75) is 38.7 Å². The second kappa shape index (κ2) is 4.25. The Hall–Kier alpha value is -1.36. The van der Waals surface area contributed by atoms with Crippen molar-refractivity contribution in [2.75, 3.05) is 6.61 Å².